The Balaban J connectivity index is 1.52. The van der Waals surface area contributed by atoms with Gasteiger partial charge in [0.1, 0.15) is 0 Å². The molecule has 2 saturated heterocycles. The van der Waals surface area contributed by atoms with Crippen LogP contribution < -0.4 is 5.32 Å². The highest BCUT2D eigenvalue weighted by atomic mass is 15.3. The Bertz CT molecular complexity index is 622. The van der Waals surface area contributed by atoms with Crippen molar-refractivity contribution in [2.75, 3.05) is 13.1 Å². The van der Waals surface area contributed by atoms with Gasteiger partial charge in [-0.05, 0) is 44.9 Å². The summed E-state index contributed by atoms with van der Waals surface area (Å²) >= 11 is 0. The van der Waals surface area contributed by atoms with E-state index in [2.05, 4.69) is 31.7 Å². The molecule has 0 bridgehead atoms. The van der Waals surface area contributed by atoms with Crippen molar-refractivity contribution in [2.45, 2.75) is 50.7 Å². The van der Waals surface area contributed by atoms with Gasteiger partial charge in [-0.3, -0.25) is 9.30 Å². The number of pyridine rings is 1. The van der Waals surface area contributed by atoms with Gasteiger partial charge in [0.05, 0.1) is 6.04 Å². The molecule has 0 saturated carbocycles. The summed E-state index contributed by atoms with van der Waals surface area (Å²) in [6, 6.07) is 7.58. The molecule has 0 spiro atoms. The summed E-state index contributed by atoms with van der Waals surface area (Å²) in [5.74, 6) is 1.01. The van der Waals surface area contributed by atoms with Crippen LogP contribution >= 0.6 is 0 Å². The first-order chi connectivity index (χ1) is 10.3. The molecule has 3 atom stereocenters. The minimum Gasteiger partial charge on any atom is -0.303 e. The zero-order valence-corrected chi connectivity index (χ0v) is 12.6. The summed E-state index contributed by atoms with van der Waals surface area (Å²) in [5.41, 5.74) is 0.923. The molecule has 1 N–H and O–H groups in total. The largest absolute Gasteiger partial charge is 0.303 e. The zero-order chi connectivity index (χ0) is 14.2. The fourth-order valence-electron chi connectivity index (χ4n) is 3.99. The molecule has 2 aromatic heterocycles. The normalized spacial score (nSPS) is 27.9. The Hall–Kier alpha value is -1.46. The molecule has 0 amide bonds. The third-order valence-corrected chi connectivity index (χ3v) is 5.05. The smallest absolute Gasteiger partial charge is 0.160 e. The van der Waals surface area contributed by atoms with Crippen LogP contribution in [-0.4, -0.2) is 44.7 Å². The summed E-state index contributed by atoms with van der Waals surface area (Å²) in [5, 5.41) is 12.4. The van der Waals surface area contributed by atoms with E-state index >= 15 is 0 Å². The summed E-state index contributed by atoms with van der Waals surface area (Å²) in [4.78, 5) is 2.66. The van der Waals surface area contributed by atoms with Gasteiger partial charge in [-0.2, -0.15) is 0 Å². The molecular weight excluding hydrogens is 262 g/mol. The number of fused-ring (bicyclic) bond motifs is 2. The number of nitrogens with one attached hydrogen (secondary N) is 1. The average Bonchev–Trinajstić information content (AvgIpc) is 3.12. The molecule has 5 nitrogen and oxygen atoms in total. The first kappa shape index (κ1) is 13.2. The van der Waals surface area contributed by atoms with Crippen LogP contribution in [0.15, 0.2) is 24.4 Å². The molecule has 2 aliphatic rings. The molecule has 2 fully saturated rings. The van der Waals surface area contributed by atoms with E-state index in [0.717, 1.165) is 17.5 Å². The van der Waals surface area contributed by atoms with Crippen molar-refractivity contribution in [3.8, 4) is 0 Å². The molecule has 2 aromatic rings. The summed E-state index contributed by atoms with van der Waals surface area (Å²) in [7, 11) is 0. The maximum atomic E-state index is 4.38. The predicted molar refractivity (Wildman–Crippen MR) is 82.2 cm³/mol. The first-order valence-corrected chi connectivity index (χ1v) is 8.13. The maximum absolute atomic E-state index is 4.38. The molecule has 4 rings (SSSR count). The van der Waals surface area contributed by atoms with Gasteiger partial charge >= 0.3 is 0 Å². The second-order valence-electron chi connectivity index (χ2n) is 6.37. The van der Waals surface area contributed by atoms with Gasteiger partial charge in [-0.1, -0.05) is 12.5 Å². The van der Waals surface area contributed by atoms with E-state index in [1.807, 2.05) is 24.4 Å². The Morgan fingerprint density at radius 2 is 2.14 bits per heavy atom. The number of piperidine rings is 1. The second kappa shape index (κ2) is 5.39. The van der Waals surface area contributed by atoms with Crippen LogP contribution in [0.1, 0.15) is 44.5 Å². The molecule has 4 heterocycles. The summed E-state index contributed by atoms with van der Waals surface area (Å²) in [6.45, 7) is 4.73. The van der Waals surface area contributed by atoms with Crippen LogP contribution in [0.3, 0.4) is 0 Å². The van der Waals surface area contributed by atoms with Crippen LogP contribution in [0.4, 0.5) is 0 Å². The third-order valence-electron chi connectivity index (χ3n) is 5.05. The summed E-state index contributed by atoms with van der Waals surface area (Å²) in [6.07, 6.45) is 7.39. The number of hydrogen-bond donors (Lipinski definition) is 1. The Morgan fingerprint density at radius 3 is 3.10 bits per heavy atom. The van der Waals surface area contributed by atoms with Gasteiger partial charge in [-0.25, -0.2) is 0 Å². The van der Waals surface area contributed by atoms with Crippen molar-refractivity contribution in [3.63, 3.8) is 0 Å². The van der Waals surface area contributed by atoms with E-state index in [0.29, 0.717) is 6.04 Å². The molecule has 2 aliphatic heterocycles. The van der Waals surface area contributed by atoms with E-state index in [-0.39, 0.29) is 6.04 Å². The molecule has 5 heteroatoms. The van der Waals surface area contributed by atoms with Crippen molar-refractivity contribution in [2.24, 2.45) is 0 Å². The number of hydrogen-bond acceptors (Lipinski definition) is 4. The van der Waals surface area contributed by atoms with Gasteiger partial charge < -0.3 is 5.32 Å². The molecule has 0 aromatic carbocycles. The van der Waals surface area contributed by atoms with Gasteiger partial charge in [0.15, 0.2) is 11.5 Å². The quantitative estimate of drug-likeness (QED) is 0.937. The Morgan fingerprint density at radius 1 is 1.19 bits per heavy atom. The minimum absolute atomic E-state index is 0.231. The monoisotopic (exact) mass is 285 g/mol. The van der Waals surface area contributed by atoms with E-state index in [1.165, 1.54) is 38.8 Å². The van der Waals surface area contributed by atoms with Gasteiger partial charge in [0, 0.05) is 24.8 Å². The molecule has 21 heavy (non-hydrogen) atoms. The Labute approximate surface area is 125 Å². The lowest BCUT2D eigenvalue weighted by molar-refractivity contribution is 0.177. The van der Waals surface area contributed by atoms with E-state index in [9.17, 15) is 0 Å². The first-order valence-electron chi connectivity index (χ1n) is 8.13. The lowest BCUT2D eigenvalue weighted by Gasteiger charge is -2.33. The van der Waals surface area contributed by atoms with E-state index < -0.39 is 0 Å². The van der Waals surface area contributed by atoms with Crippen molar-refractivity contribution in [1.29, 1.82) is 0 Å². The minimum atomic E-state index is 0.231. The van der Waals surface area contributed by atoms with Crippen LogP contribution in [0, 0.1) is 0 Å². The average molecular weight is 285 g/mol. The van der Waals surface area contributed by atoms with Gasteiger partial charge in [0.25, 0.3) is 0 Å². The van der Waals surface area contributed by atoms with Gasteiger partial charge in [0.2, 0.25) is 0 Å². The van der Waals surface area contributed by atoms with Crippen molar-refractivity contribution in [3.05, 3.63) is 30.2 Å². The number of aromatic nitrogens is 3. The zero-order valence-electron chi connectivity index (χ0n) is 12.6. The number of rotatable bonds is 3. The predicted octanol–water partition coefficient (Wildman–Crippen LogP) is 2.01. The molecule has 0 aliphatic carbocycles. The highest BCUT2D eigenvalue weighted by Gasteiger charge is 2.36. The standard InChI is InChI=1S/C16H23N5/c1-12(16-19-18-15-7-3-5-10-21(15)16)17-13-8-11-20-9-4-2-6-14(13)20/h3,5,7,10,12-14,17H,2,4,6,8-9,11H2,1H3. The van der Waals surface area contributed by atoms with Crippen LogP contribution in [-0.2, 0) is 0 Å². The highest BCUT2D eigenvalue weighted by molar-refractivity contribution is 5.37. The molecule has 112 valence electrons. The van der Waals surface area contributed by atoms with E-state index in [4.69, 9.17) is 0 Å². The SMILES string of the molecule is CC(NC1CCN2CCCCC12)c1nnc2ccccn12. The van der Waals surface area contributed by atoms with Crippen molar-refractivity contribution < 1.29 is 0 Å². The van der Waals surface area contributed by atoms with Crippen LogP contribution in [0.5, 0.6) is 0 Å². The van der Waals surface area contributed by atoms with Crippen LogP contribution in [0.2, 0.25) is 0 Å². The fourth-order valence-corrected chi connectivity index (χ4v) is 3.99. The third kappa shape index (κ3) is 2.34. The number of nitrogens with zero attached hydrogens (tertiary/aromatic N) is 4. The highest BCUT2D eigenvalue weighted by Crippen LogP contribution is 2.28. The second-order valence-corrected chi connectivity index (χ2v) is 6.37. The lowest BCUT2D eigenvalue weighted by atomic mass is 9.98. The van der Waals surface area contributed by atoms with E-state index in [1.54, 1.807) is 0 Å². The van der Waals surface area contributed by atoms with Crippen molar-refractivity contribution >= 4 is 5.65 Å². The topological polar surface area (TPSA) is 45.5 Å². The fraction of sp³-hybridized carbons (Fsp3) is 0.625. The van der Waals surface area contributed by atoms with Gasteiger partial charge in [-0.15, -0.1) is 10.2 Å². The summed E-state index contributed by atoms with van der Waals surface area (Å²) < 4.78 is 2.09. The Kier molecular flexibility index (Phi) is 3.39. The molecular formula is C16H23N5. The molecule has 0 radical (unpaired) electrons. The van der Waals surface area contributed by atoms with Crippen molar-refractivity contribution in [1.82, 2.24) is 24.8 Å². The lowest BCUT2D eigenvalue weighted by Crippen LogP contribution is -2.45. The molecule has 3 unspecified atom stereocenters. The van der Waals surface area contributed by atoms with Crippen LogP contribution in [0.25, 0.3) is 5.65 Å². The maximum Gasteiger partial charge on any atom is 0.160 e.